The van der Waals surface area contributed by atoms with E-state index in [1.807, 2.05) is 0 Å². The molecule has 0 atom stereocenters. The van der Waals surface area contributed by atoms with E-state index in [2.05, 4.69) is 38.1 Å². The van der Waals surface area contributed by atoms with Gasteiger partial charge in [-0.25, -0.2) is 0 Å². The van der Waals surface area contributed by atoms with E-state index in [4.69, 9.17) is 0 Å². The summed E-state index contributed by atoms with van der Waals surface area (Å²) in [6.07, 6.45) is 15.3. The van der Waals surface area contributed by atoms with E-state index in [1.165, 1.54) is 70.6 Å². The summed E-state index contributed by atoms with van der Waals surface area (Å²) in [5.41, 5.74) is 3.85. The van der Waals surface area contributed by atoms with Crippen molar-refractivity contribution in [1.82, 2.24) is 0 Å². The van der Waals surface area contributed by atoms with Crippen LogP contribution in [0.4, 0.5) is 0 Å². The van der Waals surface area contributed by atoms with Crippen molar-refractivity contribution < 1.29 is 0 Å². The Morgan fingerprint density at radius 1 is 0.900 bits per heavy atom. The largest absolute Gasteiger partial charge is 0.0654 e. The van der Waals surface area contributed by atoms with Gasteiger partial charge in [0.05, 0.1) is 0 Å². The van der Waals surface area contributed by atoms with Crippen molar-refractivity contribution >= 4 is 0 Å². The van der Waals surface area contributed by atoms with E-state index in [-0.39, 0.29) is 0 Å². The Balaban J connectivity index is 2.25. The van der Waals surface area contributed by atoms with Gasteiger partial charge in [-0.3, -0.25) is 0 Å². The highest BCUT2D eigenvalue weighted by Crippen LogP contribution is 2.44. The van der Waals surface area contributed by atoms with Gasteiger partial charge in [-0.05, 0) is 42.2 Å². The monoisotopic (exact) mass is 272 g/mol. The van der Waals surface area contributed by atoms with Gasteiger partial charge in [-0.15, -0.1) is 0 Å². The lowest BCUT2D eigenvalue weighted by Gasteiger charge is -2.39. The van der Waals surface area contributed by atoms with Crippen LogP contribution in [0.25, 0.3) is 0 Å². The molecule has 0 N–H and O–H groups in total. The van der Waals surface area contributed by atoms with Crippen LogP contribution in [-0.4, -0.2) is 0 Å². The number of rotatable bonds is 7. The smallest absolute Gasteiger partial charge is 0.00442 e. The first-order valence-electron chi connectivity index (χ1n) is 8.91. The third-order valence-electron chi connectivity index (χ3n) is 5.18. The van der Waals surface area contributed by atoms with E-state index >= 15 is 0 Å². The maximum atomic E-state index is 2.45. The zero-order chi connectivity index (χ0) is 14.3. The normalized spacial score (nSPS) is 18.1. The van der Waals surface area contributed by atoms with Crippen molar-refractivity contribution in [2.24, 2.45) is 0 Å². The molecule has 0 radical (unpaired) electrons. The second-order valence-corrected chi connectivity index (χ2v) is 6.71. The third-order valence-corrected chi connectivity index (χ3v) is 5.18. The van der Waals surface area contributed by atoms with Gasteiger partial charge in [0.15, 0.2) is 0 Å². The van der Waals surface area contributed by atoms with E-state index in [9.17, 15) is 0 Å². The van der Waals surface area contributed by atoms with Crippen molar-refractivity contribution in [3.8, 4) is 0 Å². The molecule has 1 saturated carbocycles. The summed E-state index contributed by atoms with van der Waals surface area (Å²) in [4.78, 5) is 0. The second kappa shape index (κ2) is 7.86. The topological polar surface area (TPSA) is 0 Å². The predicted molar refractivity (Wildman–Crippen MR) is 89.3 cm³/mol. The summed E-state index contributed by atoms with van der Waals surface area (Å²) in [6.45, 7) is 4.62. The molecule has 1 aromatic rings. The summed E-state index contributed by atoms with van der Waals surface area (Å²) in [6, 6.07) is 9.33. The number of hydrogen-bond acceptors (Lipinski definition) is 0. The van der Waals surface area contributed by atoms with Gasteiger partial charge in [-0.2, -0.15) is 0 Å². The maximum Gasteiger partial charge on any atom is -0.00442 e. The lowest BCUT2D eigenvalue weighted by molar-refractivity contribution is 0.264. The molecule has 0 aliphatic heterocycles. The van der Waals surface area contributed by atoms with Crippen molar-refractivity contribution in [3.05, 3.63) is 35.4 Å². The average molecular weight is 272 g/mol. The average Bonchev–Trinajstić information content (AvgIpc) is 2.49. The minimum absolute atomic E-state index is 0.513. The lowest BCUT2D eigenvalue weighted by atomic mass is 9.65. The van der Waals surface area contributed by atoms with Crippen LogP contribution in [-0.2, 0) is 11.8 Å². The van der Waals surface area contributed by atoms with Crippen LogP contribution in [0.1, 0.15) is 89.2 Å². The first kappa shape index (κ1) is 15.6. The molecule has 0 aromatic heterocycles. The minimum Gasteiger partial charge on any atom is -0.0654 e. The van der Waals surface area contributed by atoms with Gasteiger partial charge in [0.1, 0.15) is 0 Å². The molecule has 1 aromatic carbocycles. The van der Waals surface area contributed by atoms with Crippen molar-refractivity contribution in [3.63, 3.8) is 0 Å². The fourth-order valence-electron chi connectivity index (χ4n) is 4.12. The van der Waals surface area contributed by atoms with Crippen LogP contribution in [0.15, 0.2) is 24.3 Å². The lowest BCUT2D eigenvalue weighted by Crippen LogP contribution is -2.30. The highest BCUT2D eigenvalue weighted by atomic mass is 14.4. The molecule has 1 aliphatic carbocycles. The summed E-state index contributed by atoms with van der Waals surface area (Å²) >= 11 is 0. The Hall–Kier alpha value is -0.780. The van der Waals surface area contributed by atoms with Gasteiger partial charge in [-0.1, -0.05) is 83.1 Å². The minimum atomic E-state index is 0.513. The van der Waals surface area contributed by atoms with Gasteiger partial charge in [0.25, 0.3) is 0 Å². The van der Waals surface area contributed by atoms with E-state index in [0.717, 1.165) is 0 Å². The van der Waals surface area contributed by atoms with Crippen molar-refractivity contribution in [1.29, 1.82) is 0 Å². The van der Waals surface area contributed by atoms with Crippen LogP contribution in [0.5, 0.6) is 0 Å². The van der Waals surface area contributed by atoms with Crippen LogP contribution < -0.4 is 0 Å². The quantitative estimate of drug-likeness (QED) is 0.502. The molecular weight excluding hydrogens is 240 g/mol. The van der Waals surface area contributed by atoms with Gasteiger partial charge in [0, 0.05) is 0 Å². The molecule has 2 rings (SSSR count). The first-order valence-corrected chi connectivity index (χ1v) is 8.91. The van der Waals surface area contributed by atoms with Gasteiger partial charge < -0.3 is 0 Å². The molecule has 0 saturated heterocycles. The maximum absolute atomic E-state index is 2.45. The summed E-state index contributed by atoms with van der Waals surface area (Å²) in [5.74, 6) is 0. The Morgan fingerprint density at radius 3 is 2.35 bits per heavy atom. The summed E-state index contributed by atoms with van der Waals surface area (Å²) in [5, 5.41) is 0. The molecule has 1 fully saturated rings. The zero-order valence-corrected chi connectivity index (χ0v) is 13.6. The molecule has 0 unspecified atom stereocenters. The second-order valence-electron chi connectivity index (χ2n) is 6.71. The predicted octanol–water partition coefficient (Wildman–Crippen LogP) is 6.42. The molecule has 0 nitrogen and oxygen atoms in total. The third kappa shape index (κ3) is 3.65. The first-order chi connectivity index (χ1) is 9.82. The highest BCUT2D eigenvalue weighted by molar-refractivity contribution is 5.35. The fourth-order valence-corrected chi connectivity index (χ4v) is 4.12. The van der Waals surface area contributed by atoms with Crippen molar-refractivity contribution in [2.45, 2.75) is 89.9 Å². The molecule has 0 heteroatoms. The molecule has 20 heavy (non-hydrogen) atoms. The highest BCUT2D eigenvalue weighted by Gasteiger charge is 2.34. The SMILES string of the molecule is CCCCCC1(c2ccccc2CCC)CCCCC1. The van der Waals surface area contributed by atoms with Crippen LogP contribution in [0.2, 0.25) is 0 Å². The molecule has 112 valence electrons. The Labute approximate surface area is 126 Å². The summed E-state index contributed by atoms with van der Waals surface area (Å²) < 4.78 is 0. The van der Waals surface area contributed by atoms with Gasteiger partial charge >= 0.3 is 0 Å². The van der Waals surface area contributed by atoms with Crippen LogP contribution in [0, 0.1) is 0 Å². The number of benzene rings is 1. The molecular formula is C20H32. The molecule has 0 heterocycles. The molecule has 0 bridgehead atoms. The van der Waals surface area contributed by atoms with Crippen LogP contribution >= 0.6 is 0 Å². The Kier molecular flexibility index (Phi) is 6.13. The number of unbranched alkanes of at least 4 members (excludes halogenated alkanes) is 2. The van der Waals surface area contributed by atoms with E-state index in [1.54, 1.807) is 11.1 Å². The number of hydrogen-bond donors (Lipinski definition) is 0. The van der Waals surface area contributed by atoms with Gasteiger partial charge in [0.2, 0.25) is 0 Å². The Bertz CT molecular complexity index is 385. The Morgan fingerprint density at radius 2 is 1.65 bits per heavy atom. The molecule has 0 spiro atoms. The zero-order valence-electron chi connectivity index (χ0n) is 13.6. The van der Waals surface area contributed by atoms with Crippen molar-refractivity contribution in [2.75, 3.05) is 0 Å². The summed E-state index contributed by atoms with van der Waals surface area (Å²) in [7, 11) is 0. The number of aryl methyl sites for hydroxylation is 1. The van der Waals surface area contributed by atoms with E-state index < -0.39 is 0 Å². The molecule has 0 amide bonds. The van der Waals surface area contributed by atoms with E-state index in [0.29, 0.717) is 5.41 Å². The molecule has 1 aliphatic rings. The standard InChI is InChI=1S/C20H32/c1-3-5-9-15-20(16-10-6-11-17-20)19-14-8-7-13-18(19)12-4-2/h7-8,13-14H,3-6,9-12,15-17H2,1-2H3. The van der Waals surface area contributed by atoms with Crippen LogP contribution in [0.3, 0.4) is 0 Å². The fraction of sp³-hybridized carbons (Fsp3) is 0.700.